The molecule has 70 heavy (non-hydrogen) atoms. The van der Waals surface area contributed by atoms with Gasteiger partial charge in [-0.15, -0.1) is 0 Å². The van der Waals surface area contributed by atoms with E-state index in [1.54, 1.807) is 55.4 Å². The lowest BCUT2D eigenvalue weighted by Gasteiger charge is -2.38. The molecule has 0 saturated carbocycles. The number of aliphatic imine (C=N–C) groups is 1. The number of carbonyl (C=O) groups excluding carboxylic acids is 5. The Bertz CT molecular complexity index is 2560. The zero-order valence-electron chi connectivity index (χ0n) is 40.7. The summed E-state index contributed by atoms with van der Waals surface area (Å²) in [6, 6.07) is 1.73. The number of anilines is 1. The number of aliphatic hydroxyl groups excluding tert-OH is 2. The van der Waals surface area contributed by atoms with Gasteiger partial charge in [0.15, 0.2) is 0 Å². The van der Waals surface area contributed by atoms with Gasteiger partial charge in [0.05, 0.1) is 41.0 Å². The van der Waals surface area contributed by atoms with Crippen molar-refractivity contribution in [3.8, 4) is 11.5 Å². The standard InChI is InChI=1S/C51H64N8O11/c1-29(2)28-57-18-14-51(15-19-57)55-41-38-39-44(64)32(5)46-40(38)47(66)50(6,70-46)68-24-8-7-13-34(69-37(63)27-36(62)58-20-22-59(23-21-58)49-52-16-10-17-53-49)25-33(60)26-35(61)30(3)11-9-12-31(4)48(67)54-43(45(39)65)42(41)56-51/h8-12,16-17,24,29-30,33-35,56,60-61,64H,7,13-15,18-23,25-28H2,1-6H3,(H,54,67)/b11-9+,24-8+,31-12-/t30?,33?,34-,35-,50+/m1/s1. The van der Waals surface area contributed by atoms with Gasteiger partial charge in [-0.05, 0) is 51.2 Å². The normalized spacial score (nSPS) is 28.0. The second-order valence-electron chi connectivity index (χ2n) is 19.7. The summed E-state index contributed by atoms with van der Waals surface area (Å²) in [6.07, 6.45) is 8.93. The molecule has 19 nitrogen and oxygen atoms in total. The highest BCUT2D eigenvalue weighted by molar-refractivity contribution is 6.34. The number of nitrogens with zero attached hydrogens (tertiary/aromatic N) is 6. The summed E-state index contributed by atoms with van der Waals surface area (Å²) in [7, 11) is 0. The van der Waals surface area contributed by atoms with Crippen LogP contribution in [0.1, 0.15) is 111 Å². The first-order valence-electron chi connectivity index (χ1n) is 24.2. The van der Waals surface area contributed by atoms with Crippen LogP contribution in [0.2, 0.25) is 0 Å². The van der Waals surface area contributed by atoms with Gasteiger partial charge in [-0.1, -0.05) is 39.0 Å². The van der Waals surface area contributed by atoms with Crippen LogP contribution in [0.4, 0.5) is 5.95 Å². The zero-order chi connectivity index (χ0) is 50.1. The van der Waals surface area contributed by atoms with Crippen LogP contribution >= 0.6 is 0 Å². The number of likely N-dealkylation sites (tertiary alicyclic amines) is 1. The quantitative estimate of drug-likeness (QED) is 0.204. The fourth-order valence-electron chi connectivity index (χ4n) is 9.87. The smallest absolute Gasteiger partial charge is 0.315 e. The molecule has 2 saturated heterocycles. The molecule has 6 aliphatic heterocycles. The number of aromatic nitrogens is 2. The van der Waals surface area contributed by atoms with Crippen molar-refractivity contribution in [1.82, 2.24) is 30.4 Å². The molecule has 2 unspecified atom stereocenters. The molecular formula is C51H64N8O11. The number of amides is 2. The van der Waals surface area contributed by atoms with Crippen LogP contribution in [-0.4, -0.2) is 146 Å². The van der Waals surface area contributed by atoms with Crippen LogP contribution in [0.5, 0.6) is 11.5 Å². The SMILES string of the molecule is C/C1=C/C=C/C(C)[C@H](O)CC(O)C[C@H](OC(=O)CC(=O)N2CCN(c3ncccn3)CC2)CC/C=C/O[C@@]2(C)Oc3c(C)c(O)c4c(c3C2=O)C2=NC3(CCN(CC(C)C)CC3)NC2=C(NC1=O)C4=O. The molecule has 5 bridgehead atoms. The van der Waals surface area contributed by atoms with Gasteiger partial charge >= 0.3 is 11.8 Å². The number of fused-ring (bicyclic) bond motifs is 13. The van der Waals surface area contributed by atoms with Crippen molar-refractivity contribution in [2.24, 2.45) is 16.8 Å². The number of rotatable bonds is 6. The number of ether oxygens (including phenoxy) is 3. The van der Waals surface area contributed by atoms with Crippen molar-refractivity contribution in [2.75, 3.05) is 50.7 Å². The van der Waals surface area contributed by atoms with Crippen molar-refractivity contribution >= 4 is 41.0 Å². The number of piperazine rings is 1. The summed E-state index contributed by atoms with van der Waals surface area (Å²) in [5, 5.41) is 40.5. The van der Waals surface area contributed by atoms with Crippen molar-refractivity contribution in [3.63, 3.8) is 0 Å². The number of nitrogens with one attached hydrogen (secondary N) is 2. The van der Waals surface area contributed by atoms with Crippen LogP contribution in [0.3, 0.4) is 0 Å². The molecule has 0 radical (unpaired) electrons. The third-order valence-corrected chi connectivity index (χ3v) is 13.9. The van der Waals surface area contributed by atoms with E-state index in [-0.39, 0.29) is 76.4 Å². The van der Waals surface area contributed by atoms with Crippen LogP contribution in [0.15, 0.2) is 71.0 Å². The zero-order valence-corrected chi connectivity index (χ0v) is 40.7. The number of Topliss-reactive ketones (excluding diaryl/α,β-unsaturated/α-hetero) is 2. The van der Waals surface area contributed by atoms with Crippen molar-refractivity contribution in [3.05, 3.63) is 88.2 Å². The maximum atomic E-state index is 14.7. The maximum absolute atomic E-state index is 14.7. The van der Waals surface area contributed by atoms with Gasteiger partial charge in [-0.2, -0.15) is 0 Å². The average Bonchev–Trinajstić information content (AvgIpc) is 3.83. The highest BCUT2D eigenvalue weighted by Crippen LogP contribution is 2.50. The molecule has 7 aliphatic rings. The molecule has 5 atom stereocenters. The molecule has 5 N–H and O–H groups in total. The lowest BCUT2D eigenvalue weighted by atomic mass is 9.82. The third kappa shape index (κ3) is 10.4. The Labute approximate surface area is 407 Å². The van der Waals surface area contributed by atoms with Gasteiger partial charge in [0.1, 0.15) is 35.4 Å². The molecule has 9 rings (SSSR count). The number of aliphatic hydroxyl groups is 2. The second-order valence-corrected chi connectivity index (χ2v) is 19.7. The van der Waals surface area contributed by atoms with E-state index in [0.717, 1.165) is 6.54 Å². The van der Waals surface area contributed by atoms with Gasteiger partial charge in [0.2, 0.25) is 17.6 Å². The fraction of sp³-hybridized carbons (Fsp3) is 0.529. The van der Waals surface area contributed by atoms with E-state index in [1.807, 2.05) is 4.90 Å². The van der Waals surface area contributed by atoms with Crippen molar-refractivity contribution in [1.29, 1.82) is 0 Å². The first-order valence-corrected chi connectivity index (χ1v) is 24.2. The number of ketones is 2. The molecule has 7 heterocycles. The second kappa shape index (κ2) is 20.5. The molecule has 2 amide bonds. The van der Waals surface area contributed by atoms with E-state index in [4.69, 9.17) is 19.2 Å². The summed E-state index contributed by atoms with van der Waals surface area (Å²) < 4.78 is 18.1. The number of phenolic OH excluding ortho intramolecular Hbond substituents is 1. The van der Waals surface area contributed by atoms with Crippen LogP contribution in [-0.2, 0) is 23.9 Å². The summed E-state index contributed by atoms with van der Waals surface area (Å²) in [6.45, 7) is 14.6. The van der Waals surface area contributed by atoms with Gasteiger partial charge in [-0.25, -0.2) is 9.97 Å². The number of esters is 1. The highest BCUT2D eigenvalue weighted by atomic mass is 16.7. The minimum Gasteiger partial charge on any atom is -0.507 e. The minimum atomic E-state index is -1.95. The maximum Gasteiger partial charge on any atom is 0.315 e. The summed E-state index contributed by atoms with van der Waals surface area (Å²) in [5.41, 5.74) is -0.241. The third-order valence-electron chi connectivity index (χ3n) is 13.9. The first-order chi connectivity index (χ1) is 33.4. The van der Waals surface area contributed by atoms with E-state index >= 15 is 0 Å². The minimum absolute atomic E-state index is 0.0156. The number of benzene rings is 1. The number of hydrogen-bond donors (Lipinski definition) is 5. The Morgan fingerprint density at radius 2 is 1.69 bits per heavy atom. The molecule has 374 valence electrons. The Hall–Kier alpha value is -6.44. The van der Waals surface area contributed by atoms with Crippen molar-refractivity contribution in [2.45, 2.75) is 116 Å². The number of piperidine rings is 1. The summed E-state index contributed by atoms with van der Waals surface area (Å²) >= 11 is 0. The van der Waals surface area contributed by atoms with E-state index in [1.165, 1.54) is 26.2 Å². The number of aromatic hydroxyl groups is 1. The number of phenols is 1. The summed E-state index contributed by atoms with van der Waals surface area (Å²) in [5.74, 6) is -4.92. The number of allylic oxidation sites excluding steroid dienone is 5. The molecule has 1 aromatic carbocycles. The molecule has 2 fully saturated rings. The molecule has 1 aromatic heterocycles. The largest absolute Gasteiger partial charge is 0.507 e. The Morgan fingerprint density at radius 1 is 0.971 bits per heavy atom. The molecule has 2 aromatic rings. The fourth-order valence-corrected chi connectivity index (χ4v) is 9.87. The molecule has 19 heteroatoms. The molecular weight excluding hydrogens is 901 g/mol. The van der Waals surface area contributed by atoms with E-state index in [2.05, 4.69) is 39.3 Å². The van der Waals surface area contributed by atoms with E-state index in [0.29, 0.717) is 64.0 Å². The van der Waals surface area contributed by atoms with Gasteiger partial charge in [-0.3, -0.25) is 29.0 Å². The Balaban J connectivity index is 1.06. The Morgan fingerprint density at radius 3 is 2.39 bits per heavy atom. The van der Waals surface area contributed by atoms with Crippen LogP contribution in [0.25, 0.3) is 0 Å². The topological polar surface area (TPSA) is 246 Å². The van der Waals surface area contributed by atoms with E-state index in [9.17, 15) is 39.3 Å². The van der Waals surface area contributed by atoms with E-state index < -0.39 is 77.2 Å². The van der Waals surface area contributed by atoms with Gasteiger partial charge < -0.3 is 54.9 Å². The average molecular weight is 965 g/mol. The number of hydrogen-bond acceptors (Lipinski definition) is 17. The lowest BCUT2D eigenvalue weighted by Crippen LogP contribution is -2.50. The van der Waals surface area contributed by atoms with Crippen LogP contribution < -0.4 is 20.3 Å². The monoisotopic (exact) mass is 964 g/mol. The van der Waals surface area contributed by atoms with Crippen LogP contribution in [0, 0.1) is 18.8 Å². The first kappa shape index (κ1) is 50.0. The number of carbonyl (C=O) groups is 5. The lowest BCUT2D eigenvalue weighted by molar-refractivity contribution is -0.155. The predicted octanol–water partition coefficient (Wildman–Crippen LogP) is 3.76. The molecule has 1 aliphatic carbocycles. The Kier molecular flexibility index (Phi) is 14.6. The van der Waals surface area contributed by atoms with Gasteiger partial charge in [0.25, 0.3) is 11.7 Å². The highest BCUT2D eigenvalue weighted by Gasteiger charge is 2.54. The van der Waals surface area contributed by atoms with Gasteiger partial charge in [0, 0.05) is 107 Å². The summed E-state index contributed by atoms with van der Waals surface area (Å²) in [4.78, 5) is 89.6. The molecule has 1 spiro atoms. The van der Waals surface area contributed by atoms with Crippen molar-refractivity contribution < 1.29 is 53.5 Å². The predicted molar refractivity (Wildman–Crippen MR) is 257 cm³/mol.